The van der Waals surface area contributed by atoms with Crippen molar-refractivity contribution >= 4 is 6.29 Å². The zero-order valence-corrected chi connectivity index (χ0v) is 3.93. The maximum Gasteiger partial charge on any atom is 0.156 e. The fraction of sp³-hybridized carbons (Fsp3) is 0.750. The SMILES string of the molecule is NCCC(F)C=O. The first-order chi connectivity index (χ1) is 3.31. The third-order valence-electron chi connectivity index (χ3n) is 0.590. The fourth-order valence-electron chi connectivity index (χ4n) is 0.227. The lowest BCUT2D eigenvalue weighted by atomic mass is 10.3. The molecule has 1 unspecified atom stereocenters. The van der Waals surface area contributed by atoms with E-state index in [1.807, 2.05) is 0 Å². The van der Waals surface area contributed by atoms with E-state index in [0.29, 0.717) is 0 Å². The van der Waals surface area contributed by atoms with Crippen LogP contribution in [0.15, 0.2) is 0 Å². The van der Waals surface area contributed by atoms with Crippen LogP contribution in [0, 0.1) is 0 Å². The molecule has 0 aliphatic carbocycles. The quantitative estimate of drug-likeness (QED) is 0.508. The molecule has 0 rings (SSSR count). The zero-order valence-electron chi connectivity index (χ0n) is 3.93. The molecule has 3 heteroatoms. The van der Waals surface area contributed by atoms with E-state index < -0.39 is 6.17 Å². The monoisotopic (exact) mass is 105 g/mol. The van der Waals surface area contributed by atoms with Crippen LogP contribution in [0.5, 0.6) is 0 Å². The molecule has 1 atom stereocenters. The van der Waals surface area contributed by atoms with Gasteiger partial charge in [-0.15, -0.1) is 0 Å². The fourth-order valence-corrected chi connectivity index (χ4v) is 0.227. The second-order valence-electron chi connectivity index (χ2n) is 1.23. The average molecular weight is 105 g/mol. The molecule has 0 aliphatic rings. The van der Waals surface area contributed by atoms with E-state index in [0.717, 1.165) is 0 Å². The third kappa shape index (κ3) is 3.39. The lowest BCUT2D eigenvalue weighted by Gasteiger charge is -1.91. The van der Waals surface area contributed by atoms with Crippen molar-refractivity contribution in [2.75, 3.05) is 6.54 Å². The Labute approximate surface area is 41.5 Å². The molecule has 0 bridgehead atoms. The number of carbonyl (C=O) groups excluding carboxylic acids is 1. The van der Waals surface area contributed by atoms with Gasteiger partial charge in [-0.25, -0.2) is 4.39 Å². The Balaban J connectivity index is 2.98. The number of rotatable bonds is 3. The molecule has 0 aliphatic heterocycles. The molecular formula is C4H8FNO. The molecule has 2 nitrogen and oxygen atoms in total. The summed E-state index contributed by atoms with van der Waals surface area (Å²) in [6.07, 6.45) is -0.957. The number of hydrogen-bond acceptors (Lipinski definition) is 2. The summed E-state index contributed by atoms with van der Waals surface area (Å²) in [5, 5.41) is 0. The Morgan fingerprint density at radius 2 is 2.43 bits per heavy atom. The topological polar surface area (TPSA) is 43.1 Å². The summed E-state index contributed by atoms with van der Waals surface area (Å²) >= 11 is 0. The van der Waals surface area contributed by atoms with Gasteiger partial charge in [0.05, 0.1) is 0 Å². The molecule has 0 spiro atoms. The Bertz CT molecular complexity index is 57.7. The van der Waals surface area contributed by atoms with E-state index in [1.165, 1.54) is 0 Å². The van der Waals surface area contributed by atoms with Gasteiger partial charge in [-0.05, 0) is 13.0 Å². The Hall–Kier alpha value is -0.440. The van der Waals surface area contributed by atoms with Crippen LogP contribution in [0.2, 0.25) is 0 Å². The molecule has 0 heterocycles. The van der Waals surface area contributed by atoms with E-state index in [1.54, 1.807) is 0 Å². The third-order valence-corrected chi connectivity index (χ3v) is 0.590. The minimum Gasteiger partial charge on any atom is -0.330 e. The van der Waals surface area contributed by atoms with Crippen molar-refractivity contribution in [3.63, 3.8) is 0 Å². The molecular weight excluding hydrogens is 97.0 g/mol. The second-order valence-corrected chi connectivity index (χ2v) is 1.23. The first-order valence-electron chi connectivity index (χ1n) is 2.10. The van der Waals surface area contributed by atoms with Gasteiger partial charge in [0.25, 0.3) is 0 Å². The van der Waals surface area contributed by atoms with Gasteiger partial charge in [-0.1, -0.05) is 0 Å². The average Bonchev–Trinajstić information content (AvgIpc) is 1.68. The van der Waals surface area contributed by atoms with E-state index in [4.69, 9.17) is 5.73 Å². The molecule has 2 N–H and O–H groups in total. The second kappa shape index (κ2) is 3.74. The van der Waals surface area contributed by atoms with E-state index in [2.05, 4.69) is 0 Å². The summed E-state index contributed by atoms with van der Waals surface area (Å²) in [5.74, 6) is 0. The van der Waals surface area contributed by atoms with Crippen molar-refractivity contribution in [1.82, 2.24) is 0 Å². The molecule has 0 amide bonds. The van der Waals surface area contributed by atoms with Gasteiger partial charge < -0.3 is 10.5 Å². The van der Waals surface area contributed by atoms with Gasteiger partial charge in [-0.2, -0.15) is 0 Å². The number of nitrogens with two attached hydrogens (primary N) is 1. The normalized spacial score (nSPS) is 13.4. The molecule has 0 saturated carbocycles. The molecule has 0 fully saturated rings. The summed E-state index contributed by atoms with van der Waals surface area (Å²) in [7, 11) is 0. The van der Waals surface area contributed by atoms with Crippen LogP contribution in [0.3, 0.4) is 0 Å². The van der Waals surface area contributed by atoms with E-state index in [-0.39, 0.29) is 19.3 Å². The van der Waals surface area contributed by atoms with Crippen LogP contribution in [-0.4, -0.2) is 19.0 Å². The summed E-state index contributed by atoms with van der Waals surface area (Å²) in [5.41, 5.74) is 4.91. The van der Waals surface area contributed by atoms with Crippen LogP contribution in [-0.2, 0) is 4.79 Å². The van der Waals surface area contributed by atoms with Crippen LogP contribution >= 0.6 is 0 Å². The van der Waals surface area contributed by atoms with Crippen molar-refractivity contribution in [3.05, 3.63) is 0 Å². The first kappa shape index (κ1) is 6.56. The van der Waals surface area contributed by atoms with Gasteiger partial charge in [0.2, 0.25) is 0 Å². The number of halogens is 1. The van der Waals surface area contributed by atoms with Gasteiger partial charge >= 0.3 is 0 Å². The highest BCUT2D eigenvalue weighted by Gasteiger charge is 1.98. The molecule has 0 aromatic rings. The van der Waals surface area contributed by atoms with Crippen molar-refractivity contribution in [3.8, 4) is 0 Å². The number of aldehydes is 1. The van der Waals surface area contributed by atoms with Gasteiger partial charge in [0.1, 0.15) is 0 Å². The van der Waals surface area contributed by atoms with Crippen LogP contribution in [0.25, 0.3) is 0 Å². The smallest absolute Gasteiger partial charge is 0.156 e. The predicted octanol–water partition coefficient (Wildman–Crippen LogP) is -0.128. The number of hydrogen-bond donors (Lipinski definition) is 1. The maximum absolute atomic E-state index is 11.7. The number of carbonyl (C=O) groups is 1. The highest BCUT2D eigenvalue weighted by atomic mass is 19.1. The molecule has 7 heavy (non-hydrogen) atoms. The lowest BCUT2D eigenvalue weighted by molar-refractivity contribution is -0.112. The Morgan fingerprint density at radius 1 is 1.86 bits per heavy atom. The maximum atomic E-state index is 11.7. The van der Waals surface area contributed by atoms with Crippen LogP contribution in [0.4, 0.5) is 4.39 Å². The molecule has 0 aromatic carbocycles. The Morgan fingerprint density at radius 3 is 2.57 bits per heavy atom. The first-order valence-corrected chi connectivity index (χ1v) is 2.10. The lowest BCUT2D eigenvalue weighted by Crippen LogP contribution is -2.09. The molecule has 0 radical (unpaired) electrons. The highest BCUT2D eigenvalue weighted by Crippen LogP contribution is 1.88. The van der Waals surface area contributed by atoms with Gasteiger partial charge in [0, 0.05) is 0 Å². The van der Waals surface area contributed by atoms with Crippen molar-refractivity contribution in [1.29, 1.82) is 0 Å². The summed E-state index contributed by atoms with van der Waals surface area (Å²) in [4.78, 5) is 9.46. The summed E-state index contributed by atoms with van der Waals surface area (Å²) < 4.78 is 11.7. The van der Waals surface area contributed by atoms with Crippen molar-refractivity contribution in [2.24, 2.45) is 5.73 Å². The summed E-state index contributed by atoms with van der Waals surface area (Å²) in [6.45, 7) is 0.236. The molecule has 0 saturated heterocycles. The standard InChI is InChI=1S/C4H8FNO/c5-4(3-7)1-2-6/h3-4H,1-2,6H2. The molecule has 0 aromatic heterocycles. The summed E-state index contributed by atoms with van der Waals surface area (Å²) in [6, 6.07) is 0. The highest BCUT2D eigenvalue weighted by molar-refractivity contribution is 5.55. The van der Waals surface area contributed by atoms with Crippen molar-refractivity contribution in [2.45, 2.75) is 12.6 Å². The van der Waals surface area contributed by atoms with Crippen LogP contribution in [0.1, 0.15) is 6.42 Å². The van der Waals surface area contributed by atoms with Crippen molar-refractivity contribution < 1.29 is 9.18 Å². The minimum absolute atomic E-state index is 0.142. The van der Waals surface area contributed by atoms with E-state index in [9.17, 15) is 9.18 Å². The van der Waals surface area contributed by atoms with E-state index >= 15 is 0 Å². The largest absolute Gasteiger partial charge is 0.330 e. The number of alkyl halides is 1. The van der Waals surface area contributed by atoms with Gasteiger partial charge in [0.15, 0.2) is 12.5 Å². The molecule has 42 valence electrons. The predicted molar refractivity (Wildman–Crippen MR) is 24.6 cm³/mol. The Kier molecular flexibility index (Phi) is 3.50. The van der Waals surface area contributed by atoms with Gasteiger partial charge in [-0.3, -0.25) is 0 Å². The zero-order chi connectivity index (χ0) is 5.70. The van der Waals surface area contributed by atoms with Crippen LogP contribution < -0.4 is 5.73 Å². The minimum atomic E-state index is -1.36.